The first-order valence-corrected chi connectivity index (χ1v) is 12.0. The minimum Gasteiger partial charge on any atom is -0.253 e. The van der Waals surface area contributed by atoms with Crippen molar-refractivity contribution in [2.24, 2.45) is 5.10 Å². The van der Waals surface area contributed by atoms with Gasteiger partial charge in [-0.3, -0.25) is 5.43 Å². The van der Waals surface area contributed by atoms with E-state index in [9.17, 15) is 13.2 Å². The molecule has 2 aromatic heterocycles. The van der Waals surface area contributed by atoms with E-state index in [0.717, 1.165) is 29.1 Å². The fourth-order valence-electron chi connectivity index (χ4n) is 3.51. The highest BCUT2D eigenvalue weighted by Gasteiger charge is 2.30. The molecule has 0 aliphatic carbocycles. The van der Waals surface area contributed by atoms with Crippen LogP contribution in [0.3, 0.4) is 0 Å². The third kappa shape index (κ3) is 5.17. The fraction of sp³-hybridized carbons (Fsp3) is 0.0385. The number of nitrogens with one attached hydrogen (secondary N) is 1. The molecule has 5 rings (SSSR count). The van der Waals surface area contributed by atoms with Gasteiger partial charge in [0, 0.05) is 33.3 Å². The second-order valence-corrected chi connectivity index (χ2v) is 8.94. The zero-order chi connectivity index (χ0) is 25.1. The summed E-state index contributed by atoms with van der Waals surface area (Å²) in [6.45, 7) is 0. The van der Waals surface area contributed by atoms with Gasteiger partial charge in [0.2, 0.25) is 5.13 Å². The van der Waals surface area contributed by atoms with Gasteiger partial charge in [-0.15, -0.1) is 11.3 Å². The number of aromatic nitrogens is 3. The summed E-state index contributed by atoms with van der Waals surface area (Å²) >= 11 is 7.63. The third-order valence-corrected chi connectivity index (χ3v) is 6.34. The second kappa shape index (κ2) is 9.96. The van der Waals surface area contributed by atoms with Gasteiger partial charge in [0.25, 0.3) is 0 Å². The maximum absolute atomic E-state index is 13.0. The molecule has 3 aromatic carbocycles. The molecule has 0 unspecified atom stereocenters. The van der Waals surface area contributed by atoms with Crippen LogP contribution < -0.4 is 5.43 Å². The Hall–Kier alpha value is -3.95. The molecule has 10 heteroatoms. The second-order valence-electron chi connectivity index (χ2n) is 7.68. The number of hydrogen-bond donors (Lipinski definition) is 1. The van der Waals surface area contributed by atoms with Crippen LogP contribution in [0.25, 0.3) is 28.2 Å². The van der Waals surface area contributed by atoms with E-state index in [4.69, 9.17) is 11.6 Å². The summed E-state index contributed by atoms with van der Waals surface area (Å²) < 4.78 is 40.7. The van der Waals surface area contributed by atoms with Gasteiger partial charge in [-0.25, -0.2) is 9.67 Å². The molecule has 0 radical (unpaired) electrons. The predicted molar refractivity (Wildman–Crippen MR) is 138 cm³/mol. The largest absolute Gasteiger partial charge is 0.416 e. The molecular formula is C26H17ClF3N5S. The van der Waals surface area contributed by atoms with E-state index >= 15 is 0 Å². The Kier molecular flexibility index (Phi) is 6.58. The highest BCUT2D eigenvalue weighted by molar-refractivity contribution is 7.14. The van der Waals surface area contributed by atoms with Crippen LogP contribution in [0.2, 0.25) is 5.02 Å². The lowest BCUT2D eigenvalue weighted by molar-refractivity contribution is -0.137. The van der Waals surface area contributed by atoms with Gasteiger partial charge in [-0.2, -0.15) is 23.4 Å². The molecule has 0 atom stereocenters. The maximum Gasteiger partial charge on any atom is 0.416 e. The van der Waals surface area contributed by atoms with E-state index in [2.05, 4.69) is 20.6 Å². The zero-order valence-electron chi connectivity index (χ0n) is 18.4. The van der Waals surface area contributed by atoms with E-state index in [1.54, 1.807) is 23.2 Å². The summed E-state index contributed by atoms with van der Waals surface area (Å²) in [7, 11) is 0. The number of para-hydroxylation sites is 1. The van der Waals surface area contributed by atoms with Gasteiger partial charge in [0.1, 0.15) is 5.69 Å². The first-order chi connectivity index (χ1) is 17.4. The molecule has 0 saturated carbocycles. The highest BCUT2D eigenvalue weighted by atomic mass is 35.5. The van der Waals surface area contributed by atoms with Crippen molar-refractivity contribution in [2.45, 2.75) is 6.18 Å². The van der Waals surface area contributed by atoms with Crippen LogP contribution in [0, 0.1) is 0 Å². The molecule has 0 fully saturated rings. The van der Waals surface area contributed by atoms with Gasteiger partial charge in [-0.1, -0.05) is 60.1 Å². The Balaban J connectivity index is 1.43. The summed E-state index contributed by atoms with van der Waals surface area (Å²) in [5, 5.41) is 12.0. The SMILES string of the molecule is FC(F)(F)c1ccc(-c2nn(-c3ccccc3)cc2/C=N/Nc2nc(-c3ccccc3Cl)cs2)cc1. The third-order valence-electron chi connectivity index (χ3n) is 5.27. The van der Waals surface area contributed by atoms with E-state index in [1.165, 1.54) is 23.5 Å². The van der Waals surface area contributed by atoms with Crippen molar-refractivity contribution in [1.82, 2.24) is 14.8 Å². The molecule has 5 aromatic rings. The topological polar surface area (TPSA) is 55.1 Å². The van der Waals surface area contributed by atoms with E-state index < -0.39 is 11.7 Å². The molecule has 0 amide bonds. The van der Waals surface area contributed by atoms with Crippen molar-refractivity contribution in [3.05, 3.63) is 107 Å². The van der Waals surface area contributed by atoms with Crippen molar-refractivity contribution < 1.29 is 13.2 Å². The van der Waals surface area contributed by atoms with Crippen molar-refractivity contribution in [2.75, 3.05) is 5.43 Å². The Bertz CT molecular complexity index is 1510. The molecule has 0 spiro atoms. The van der Waals surface area contributed by atoms with Crippen LogP contribution in [0.5, 0.6) is 0 Å². The summed E-state index contributed by atoms with van der Waals surface area (Å²) in [4.78, 5) is 4.52. The van der Waals surface area contributed by atoms with Crippen molar-refractivity contribution in [3.8, 4) is 28.2 Å². The van der Waals surface area contributed by atoms with Gasteiger partial charge in [-0.05, 0) is 30.3 Å². The molecule has 0 aliphatic rings. The lowest BCUT2D eigenvalue weighted by Gasteiger charge is -2.07. The van der Waals surface area contributed by atoms with E-state index in [1.807, 2.05) is 53.9 Å². The number of anilines is 1. The van der Waals surface area contributed by atoms with E-state index in [-0.39, 0.29) is 0 Å². The lowest BCUT2D eigenvalue weighted by Crippen LogP contribution is -2.04. The van der Waals surface area contributed by atoms with Crippen LogP contribution in [0.1, 0.15) is 11.1 Å². The highest BCUT2D eigenvalue weighted by Crippen LogP contribution is 2.32. The van der Waals surface area contributed by atoms with Crippen molar-refractivity contribution >= 4 is 34.3 Å². The summed E-state index contributed by atoms with van der Waals surface area (Å²) in [5.74, 6) is 0. The Morgan fingerprint density at radius 3 is 2.39 bits per heavy atom. The van der Waals surface area contributed by atoms with Gasteiger partial charge in [0.05, 0.1) is 23.2 Å². The Morgan fingerprint density at radius 1 is 0.944 bits per heavy atom. The Labute approximate surface area is 213 Å². The minimum absolute atomic E-state index is 0.494. The van der Waals surface area contributed by atoms with Crippen LogP contribution in [-0.2, 0) is 6.18 Å². The van der Waals surface area contributed by atoms with Crippen LogP contribution in [0.4, 0.5) is 18.3 Å². The van der Waals surface area contributed by atoms with Crippen molar-refractivity contribution in [1.29, 1.82) is 0 Å². The molecular weight excluding hydrogens is 507 g/mol. The average Bonchev–Trinajstić information content (AvgIpc) is 3.52. The predicted octanol–water partition coefficient (Wildman–Crippen LogP) is 7.78. The lowest BCUT2D eigenvalue weighted by atomic mass is 10.1. The monoisotopic (exact) mass is 523 g/mol. The average molecular weight is 524 g/mol. The molecule has 0 aliphatic heterocycles. The number of hydrazone groups is 1. The number of rotatable bonds is 6. The molecule has 2 heterocycles. The maximum atomic E-state index is 13.0. The van der Waals surface area contributed by atoms with Crippen LogP contribution in [0.15, 0.2) is 95.5 Å². The quantitative estimate of drug-likeness (QED) is 0.183. The molecule has 0 bridgehead atoms. The fourth-order valence-corrected chi connectivity index (χ4v) is 4.40. The number of hydrogen-bond acceptors (Lipinski definition) is 5. The van der Waals surface area contributed by atoms with Crippen LogP contribution in [-0.4, -0.2) is 21.0 Å². The molecule has 1 N–H and O–H groups in total. The standard InChI is InChI=1S/C26H17ClF3N5S/c27-22-9-5-4-8-21(22)23-16-36-25(32-23)33-31-14-18-15-35(20-6-2-1-3-7-20)34-24(18)17-10-12-19(13-11-17)26(28,29)30/h1-16H,(H,32,33)/b31-14+. The zero-order valence-corrected chi connectivity index (χ0v) is 20.0. The van der Waals surface area contributed by atoms with Crippen molar-refractivity contribution in [3.63, 3.8) is 0 Å². The summed E-state index contributed by atoms with van der Waals surface area (Å²) in [6, 6.07) is 21.7. The number of thiazole rings is 1. The Morgan fingerprint density at radius 2 is 1.67 bits per heavy atom. The normalized spacial score (nSPS) is 11.8. The molecule has 180 valence electrons. The number of benzene rings is 3. The molecule has 36 heavy (non-hydrogen) atoms. The summed E-state index contributed by atoms with van der Waals surface area (Å²) in [5.41, 5.74) is 6.19. The number of halogens is 4. The number of alkyl halides is 3. The smallest absolute Gasteiger partial charge is 0.253 e. The van der Waals surface area contributed by atoms with Gasteiger partial charge < -0.3 is 0 Å². The van der Waals surface area contributed by atoms with E-state index in [0.29, 0.717) is 27.0 Å². The first kappa shape index (κ1) is 23.8. The minimum atomic E-state index is -4.41. The van der Waals surface area contributed by atoms with Crippen LogP contribution >= 0.6 is 22.9 Å². The van der Waals surface area contributed by atoms with Gasteiger partial charge >= 0.3 is 6.18 Å². The number of nitrogens with zero attached hydrogens (tertiary/aromatic N) is 4. The summed E-state index contributed by atoms with van der Waals surface area (Å²) in [6.07, 6.45) is -1.08. The van der Waals surface area contributed by atoms with Gasteiger partial charge in [0.15, 0.2) is 0 Å². The molecule has 5 nitrogen and oxygen atoms in total. The first-order valence-electron chi connectivity index (χ1n) is 10.7. The molecule has 0 saturated heterocycles.